The normalized spacial score (nSPS) is 14.6. The van der Waals surface area contributed by atoms with Crippen LogP contribution in [-0.4, -0.2) is 20.9 Å². The predicted molar refractivity (Wildman–Crippen MR) is 104 cm³/mol. The van der Waals surface area contributed by atoms with Gasteiger partial charge in [-0.1, -0.05) is 51.4 Å². The number of halogens is 1. The summed E-state index contributed by atoms with van der Waals surface area (Å²) in [5, 5.41) is 0.852. The maximum absolute atomic E-state index is 6.28. The number of benzene rings is 1. The van der Waals surface area contributed by atoms with Crippen molar-refractivity contribution >= 4 is 23.4 Å². The van der Waals surface area contributed by atoms with Crippen molar-refractivity contribution in [1.82, 2.24) is 9.55 Å². The number of aryl methyl sites for hydroxylation is 1. The fourth-order valence-corrected chi connectivity index (χ4v) is 3.91. The fraction of sp³-hybridized carbons (Fsp3) is 0.526. The monoisotopic (exact) mass is 366 g/mol. The Hall–Kier alpha value is -0.970. The molecule has 2 atom stereocenters. The largest absolute Gasteiger partial charge is 0.370 e. The lowest BCUT2D eigenvalue weighted by Crippen LogP contribution is -2.22. The molecule has 0 spiro atoms. The summed E-state index contributed by atoms with van der Waals surface area (Å²) in [5.41, 5.74) is 2.15. The molecular formula is C19H27ClN2OS. The van der Waals surface area contributed by atoms with E-state index in [9.17, 15) is 0 Å². The van der Waals surface area contributed by atoms with Gasteiger partial charge in [0.15, 0.2) is 0 Å². The van der Waals surface area contributed by atoms with Gasteiger partial charge in [-0.05, 0) is 31.0 Å². The van der Waals surface area contributed by atoms with E-state index in [2.05, 4.69) is 55.6 Å². The summed E-state index contributed by atoms with van der Waals surface area (Å²) in [5.74, 6) is 0. The van der Waals surface area contributed by atoms with Crippen LogP contribution in [0.15, 0.2) is 36.8 Å². The summed E-state index contributed by atoms with van der Waals surface area (Å²) < 4.78 is 8.54. The van der Waals surface area contributed by atoms with Gasteiger partial charge in [0.2, 0.25) is 0 Å². The predicted octanol–water partition coefficient (Wildman–Crippen LogP) is 6.04. The van der Waals surface area contributed by atoms with Crippen LogP contribution in [-0.2, 0) is 4.74 Å². The van der Waals surface area contributed by atoms with Crippen molar-refractivity contribution in [3.05, 3.63) is 53.1 Å². The number of hydrogen-bond acceptors (Lipinski definition) is 3. The topological polar surface area (TPSA) is 27.1 Å². The molecule has 0 amide bonds. The highest BCUT2D eigenvalue weighted by Crippen LogP contribution is 2.44. The summed E-state index contributed by atoms with van der Waals surface area (Å²) in [6.45, 7) is 11.6. The summed E-state index contributed by atoms with van der Waals surface area (Å²) >= 11 is 7.96. The van der Waals surface area contributed by atoms with E-state index < -0.39 is 0 Å². The van der Waals surface area contributed by atoms with E-state index in [-0.39, 0.29) is 16.2 Å². The standard InChI is InChI=1S/C19H27ClN2OS/c1-6-11-23-17(15-7-9-16(20)10-8-15)18(24-19(3,4)5)22-12-14(2)21-13-22/h7-10,12-13,17-18H,6,11H2,1-5H3. The molecule has 1 aromatic heterocycles. The van der Waals surface area contributed by atoms with Crippen LogP contribution in [0.2, 0.25) is 5.02 Å². The maximum atomic E-state index is 6.28. The van der Waals surface area contributed by atoms with Gasteiger partial charge >= 0.3 is 0 Å². The van der Waals surface area contributed by atoms with Gasteiger partial charge in [-0.15, -0.1) is 11.8 Å². The van der Waals surface area contributed by atoms with Gasteiger partial charge in [0, 0.05) is 22.6 Å². The molecule has 0 N–H and O–H groups in total. The Morgan fingerprint density at radius 1 is 1.25 bits per heavy atom. The third kappa shape index (κ3) is 5.54. The molecule has 0 radical (unpaired) electrons. The molecule has 2 rings (SSSR count). The number of ether oxygens (including phenoxy) is 1. The lowest BCUT2D eigenvalue weighted by atomic mass is 10.1. The molecule has 0 aliphatic carbocycles. The van der Waals surface area contributed by atoms with Crippen molar-refractivity contribution in [1.29, 1.82) is 0 Å². The van der Waals surface area contributed by atoms with Crippen molar-refractivity contribution in [2.45, 2.75) is 57.3 Å². The van der Waals surface area contributed by atoms with Crippen LogP contribution in [0, 0.1) is 6.92 Å². The summed E-state index contributed by atoms with van der Waals surface area (Å²) in [7, 11) is 0. The molecule has 0 aliphatic heterocycles. The van der Waals surface area contributed by atoms with Crippen LogP contribution in [0.3, 0.4) is 0 Å². The minimum absolute atomic E-state index is 0.0555. The average Bonchev–Trinajstić information content (AvgIpc) is 2.93. The Morgan fingerprint density at radius 2 is 1.92 bits per heavy atom. The Kier molecular flexibility index (Phi) is 6.79. The quantitative estimate of drug-likeness (QED) is 0.597. The van der Waals surface area contributed by atoms with Crippen LogP contribution in [0.4, 0.5) is 0 Å². The lowest BCUT2D eigenvalue weighted by Gasteiger charge is -2.33. The SMILES string of the molecule is CCCOC(c1ccc(Cl)cc1)C(SC(C)(C)C)n1cnc(C)c1. The van der Waals surface area contributed by atoms with E-state index >= 15 is 0 Å². The molecule has 132 valence electrons. The number of thioether (sulfide) groups is 1. The van der Waals surface area contributed by atoms with Crippen LogP contribution < -0.4 is 0 Å². The second kappa shape index (κ2) is 8.41. The second-order valence-electron chi connectivity index (χ2n) is 6.93. The highest BCUT2D eigenvalue weighted by Gasteiger charge is 2.30. The molecule has 0 aliphatic rings. The molecule has 0 bridgehead atoms. The van der Waals surface area contributed by atoms with E-state index in [0.29, 0.717) is 0 Å². The van der Waals surface area contributed by atoms with Crippen molar-refractivity contribution in [2.24, 2.45) is 0 Å². The van der Waals surface area contributed by atoms with Crippen molar-refractivity contribution in [2.75, 3.05) is 6.61 Å². The smallest absolute Gasteiger partial charge is 0.113 e. The number of rotatable bonds is 7. The summed E-state index contributed by atoms with van der Waals surface area (Å²) in [6, 6.07) is 7.97. The number of hydrogen-bond donors (Lipinski definition) is 0. The first-order chi connectivity index (χ1) is 11.3. The molecule has 5 heteroatoms. The van der Waals surface area contributed by atoms with Crippen LogP contribution >= 0.6 is 23.4 Å². The zero-order valence-corrected chi connectivity index (χ0v) is 16.7. The molecule has 1 aromatic carbocycles. The molecule has 2 aromatic rings. The first kappa shape index (κ1) is 19.4. The van der Waals surface area contributed by atoms with Gasteiger partial charge < -0.3 is 9.30 Å². The van der Waals surface area contributed by atoms with E-state index in [1.807, 2.05) is 37.1 Å². The molecule has 0 saturated carbocycles. The van der Waals surface area contributed by atoms with Crippen molar-refractivity contribution in [3.8, 4) is 0 Å². The molecular weight excluding hydrogens is 340 g/mol. The molecule has 3 nitrogen and oxygen atoms in total. The number of nitrogens with zero attached hydrogens (tertiary/aromatic N) is 2. The highest BCUT2D eigenvalue weighted by atomic mass is 35.5. The van der Waals surface area contributed by atoms with E-state index in [1.165, 1.54) is 0 Å². The van der Waals surface area contributed by atoms with E-state index in [1.54, 1.807) is 0 Å². The van der Waals surface area contributed by atoms with Gasteiger partial charge in [0.1, 0.15) is 11.5 Å². The molecule has 0 fully saturated rings. The Balaban J connectivity index is 2.40. The van der Waals surface area contributed by atoms with Gasteiger partial charge in [0.05, 0.1) is 12.0 Å². The van der Waals surface area contributed by atoms with Crippen molar-refractivity contribution in [3.63, 3.8) is 0 Å². The summed E-state index contributed by atoms with van der Waals surface area (Å²) in [6.07, 6.45) is 4.92. The second-order valence-corrected chi connectivity index (χ2v) is 9.31. The number of aromatic nitrogens is 2. The zero-order valence-electron chi connectivity index (χ0n) is 15.1. The Labute approximate surface area is 154 Å². The van der Waals surface area contributed by atoms with Crippen LogP contribution in [0.5, 0.6) is 0 Å². The van der Waals surface area contributed by atoms with Crippen molar-refractivity contribution < 1.29 is 4.74 Å². The molecule has 0 saturated heterocycles. The van der Waals surface area contributed by atoms with Gasteiger partial charge in [-0.25, -0.2) is 4.98 Å². The minimum atomic E-state index is -0.0555. The van der Waals surface area contributed by atoms with Crippen LogP contribution in [0.25, 0.3) is 0 Å². The molecule has 2 unspecified atom stereocenters. The van der Waals surface area contributed by atoms with Gasteiger partial charge in [-0.2, -0.15) is 0 Å². The zero-order chi connectivity index (χ0) is 17.7. The molecule has 24 heavy (non-hydrogen) atoms. The van der Waals surface area contributed by atoms with E-state index in [4.69, 9.17) is 16.3 Å². The third-order valence-electron chi connectivity index (χ3n) is 3.46. The van der Waals surface area contributed by atoms with E-state index in [0.717, 1.165) is 29.3 Å². The average molecular weight is 367 g/mol. The fourth-order valence-electron chi connectivity index (χ4n) is 2.46. The summed E-state index contributed by atoms with van der Waals surface area (Å²) in [4.78, 5) is 4.41. The molecule has 1 heterocycles. The highest BCUT2D eigenvalue weighted by molar-refractivity contribution is 8.00. The Morgan fingerprint density at radius 3 is 2.42 bits per heavy atom. The third-order valence-corrected chi connectivity index (χ3v) is 5.15. The van der Waals surface area contributed by atoms with Crippen LogP contribution in [0.1, 0.15) is 56.9 Å². The first-order valence-electron chi connectivity index (χ1n) is 8.35. The Bertz CT molecular complexity index is 634. The lowest BCUT2D eigenvalue weighted by molar-refractivity contribution is 0.0379. The maximum Gasteiger partial charge on any atom is 0.113 e. The van der Waals surface area contributed by atoms with Gasteiger partial charge in [-0.3, -0.25) is 0 Å². The number of imidazole rings is 1. The minimum Gasteiger partial charge on any atom is -0.370 e. The van der Waals surface area contributed by atoms with Gasteiger partial charge in [0.25, 0.3) is 0 Å². The first-order valence-corrected chi connectivity index (χ1v) is 9.61.